The fourth-order valence-electron chi connectivity index (χ4n) is 2.99. The van der Waals surface area contributed by atoms with Gasteiger partial charge in [-0.15, -0.1) is 24.0 Å². The minimum atomic E-state index is -2.98. The monoisotopic (exact) mass is 518 g/mol. The van der Waals surface area contributed by atoms with Crippen molar-refractivity contribution in [3.05, 3.63) is 41.8 Å². The summed E-state index contributed by atoms with van der Waals surface area (Å²) in [6.07, 6.45) is 4.76. The molecule has 9 heteroatoms. The summed E-state index contributed by atoms with van der Waals surface area (Å²) >= 11 is 0. The zero-order chi connectivity index (χ0) is 19.5. The van der Waals surface area contributed by atoms with Crippen LogP contribution >= 0.6 is 24.0 Å². The first kappa shape index (κ1) is 22.7. The van der Waals surface area contributed by atoms with Crippen molar-refractivity contribution in [3.8, 4) is 11.5 Å². The number of hydrogen-bond acceptors (Lipinski definition) is 5. The number of guanidine groups is 1. The van der Waals surface area contributed by atoms with E-state index in [0.717, 1.165) is 24.1 Å². The van der Waals surface area contributed by atoms with Crippen LogP contribution in [0.25, 0.3) is 11.5 Å². The van der Waals surface area contributed by atoms with Crippen molar-refractivity contribution in [1.29, 1.82) is 0 Å². The molecule has 154 valence electrons. The first-order chi connectivity index (χ1) is 12.8. The lowest BCUT2D eigenvalue weighted by Crippen LogP contribution is -2.41. The molecule has 7 nitrogen and oxygen atoms in total. The highest BCUT2D eigenvalue weighted by Gasteiger charge is 2.45. The molecule has 1 heterocycles. The van der Waals surface area contributed by atoms with Crippen molar-refractivity contribution in [3.63, 3.8) is 0 Å². The van der Waals surface area contributed by atoms with Crippen LogP contribution < -0.4 is 10.6 Å². The maximum absolute atomic E-state index is 11.6. The molecular formula is C19H27IN4O3S. The van der Waals surface area contributed by atoms with Crippen LogP contribution in [0.3, 0.4) is 0 Å². The summed E-state index contributed by atoms with van der Waals surface area (Å²) in [5, 5.41) is 6.42. The molecule has 28 heavy (non-hydrogen) atoms. The number of nitrogens with zero attached hydrogens (tertiary/aromatic N) is 2. The smallest absolute Gasteiger partial charge is 0.226 e. The van der Waals surface area contributed by atoms with E-state index in [4.69, 9.17) is 4.42 Å². The third-order valence-corrected chi connectivity index (χ3v) is 5.80. The molecule has 1 aliphatic rings. The Bertz CT molecular complexity index is 919. The van der Waals surface area contributed by atoms with E-state index < -0.39 is 9.84 Å². The molecule has 0 bridgehead atoms. The Morgan fingerprint density at radius 2 is 1.93 bits per heavy atom. The fraction of sp³-hybridized carbons (Fsp3) is 0.474. The van der Waals surface area contributed by atoms with Crippen LogP contribution in [0.15, 0.2) is 39.9 Å². The maximum atomic E-state index is 11.6. The van der Waals surface area contributed by atoms with Gasteiger partial charge >= 0.3 is 0 Å². The van der Waals surface area contributed by atoms with Gasteiger partial charge in [0.05, 0.1) is 18.0 Å². The lowest BCUT2D eigenvalue weighted by Gasteiger charge is -2.17. The van der Waals surface area contributed by atoms with E-state index >= 15 is 0 Å². The largest absolute Gasteiger partial charge is 0.444 e. The summed E-state index contributed by atoms with van der Waals surface area (Å²) in [4.78, 5) is 8.69. The van der Waals surface area contributed by atoms with Gasteiger partial charge in [-0.05, 0) is 31.9 Å². The Morgan fingerprint density at radius 1 is 1.25 bits per heavy atom. The highest BCUT2D eigenvalue weighted by Crippen LogP contribution is 2.45. The molecular weight excluding hydrogens is 491 g/mol. The SMILES string of the molecule is CN=C(NCc1coc(-c2ccc(C)cc2)n1)NCC1(CS(C)(=O)=O)CC1.I. The molecule has 0 unspecified atom stereocenters. The Morgan fingerprint density at radius 3 is 2.50 bits per heavy atom. The Labute approximate surface area is 183 Å². The molecule has 0 aliphatic heterocycles. The molecule has 0 atom stereocenters. The number of benzene rings is 1. The number of oxazole rings is 1. The van der Waals surface area contributed by atoms with E-state index in [-0.39, 0.29) is 35.1 Å². The van der Waals surface area contributed by atoms with E-state index in [1.807, 2.05) is 31.2 Å². The van der Waals surface area contributed by atoms with E-state index in [0.29, 0.717) is 24.9 Å². The van der Waals surface area contributed by atoms with Crippen LogP contribution in [0.1, 0.15) is 24.1 Å². The predicted molar refractivity (Wildman–Crippen MR) is 122 cm³/mol. The van der Waals surface area contributed by atoms with Gasteiger partial charge in [-0.3, -0.25) is 4.99 Å². The molecule has 1 aromatic carbocycles. The Hall–Kier alpha value is -1.62. The van der Waals surface area contributed by atoms with E-state index in [1.54, 1.807) is 13.3 Å². The molecule has 2 aromatic rings. The standard InChI is InChI=1S/C19H26N4O3S.HI/c1-14-4-6-15(7-5-14)17-23-16(11-26-17)10-21-18(20-2)22-12-19(8-9-19)13-27(3,24)25;/h4-7,11H,8-10,12-13H2,1-3H3,(H2,20,21,22);1H. The fourth-order valence-corrected chi connectivity index (χ4v) is 4.49. The van der Waals surface area contributed by atoms with E-state index in [9.17, 15) is 8.42 Å². The maximum Gasteiger partial charge on any atom is 0.226 e. The minimum Gasteiger partial charge on any atom is -0.444 e. The first-order valence-corrected chi connectivity index (χ1v) is 11.0. The number of hydrogen-bond donors (Lipinski definition) is 2. The highest BCUT2D eigenvalue weighted by atomic mass is 127. The first-order valence-electron chi connectivity index (χ1n) is 8.92. The second kappa shape index (κ2) is 9.25. The van der Waals surface area contributed by atoms with Gasteiger partial charge in [-0.1, -0.05) is 17.7 Å². The Kier molecular flexibility index (Phi) is 7.49. The number of aromatic nitrogens is 1. The van der Waals surface area contributed by atoms with Crippen LogP contribution in [-0.4, -0.2) is 45.0 Å². The average molecular weight is 518 g/mol. The van der Waals surface area contributed by atoms with Gasteiger partial charge in [-0.25, -0.2) is 13.4 Å². The van der Waals surface area contributed by atoms with Crippen molar-refractivity contribution in [2.24, 2.45) is 10.4 Å². The molecule has 0 saturated heterocycles. The van der Waals surface area contributed by atoms with Crippen molar-refractivity contribution in [2.75, 3.05) is 25.6 Å². The molecule has 0 amide bonds. The number of halogens is 1. The van der Waals surface area contributed by atoms with Crippen LogP contribution in [0.5, 0.6) is 0 Å². The third-order valence-electron chi connectivity index (χ3n) is 4.67. The quantitative estimate of drug-likeness (QED) is 0.333. The molecule has 1 saturated carbocycles. The van der Waals surface area contributed by atoms with Gasteiger partial charge < -0.3 is 15.1 Å². The number of aliphatic imine (C=N–C) groups is 1. The summed E-state index contributed by atoms with van der Waals surface area (Å²) < 4.78 is 28.7. The zero-order valence-corrected chi connectivity index (χ0v) is 19.5. The molecule has 0 radical (unpaired) electrons. The number of rotatable bonds is 7. The molecule has 1 aliphatic carbocycles. The van der Waals surface area contributed by atoms with Crippen LogP contribution in [0, 0.1) is 12.3 Å². The molecule has 3 rings (SSSR count). The van der Waals surface area contributed by atoms with E-state index in [2.05, 4.69) is 20.6 Å². The predicted octanol–water partition coefficient (Wildman–Crippen LogP) is 2.76. The lowest BCUT2D eigenvalue weighted by molar-refractivity contribution is 0.529. The second-order valence-corrected chi connectivity index (χ2v) is 9.50. The lowest BCUT2D eigenvalue weighted by atomic mass is 10.1. The van der Waals surface area contributed by atoms with Crippen LogP contribution in [0.2, 0.25) is 0 Å². The number of sulfone groups is 1. The zero-order valence-electron chi connectivity index (χ0n) is 16.4. The van der Waals surface area contributed by atoms with Gasteiger partial charge in [0.1, 0.15) is 16.1 Å². The van der Waals surface area contributed by atoms with Gasteiger partial charge in [0.25, 0.3) is 0 Å². The number of aryl methyl sites for hydroxylation is 1. The molecule has 2 N–H and O–H groups in total. The normalized spacial score (nSPS) is 15.6. The van der Waals surface area contributed by atoms with Crippen LogP contribution in [-0.2, 0) is 16.4 Å². The highest BCUT2D eigenvalue weighted by molar-refractivity contribution is 14.0. The summed E-state index contributed by atoms with van der Waals surface area (Å²) in [6.45, 7) is 3.09. The van der Waals surface area contributed by atoms with Gasteiger partial charge in [0.2, 0.25) is 5.89 Å². The molecule has 1 aromatic heterocycles. The topological polar surface area (TPSA) is 96.6 Å². The Balaban J connectivity index is 0.00000280. The number of nitrogens with one attached hydrogen (secondary N) is 2. The van der Waals surface area contributed by atoms with Crippen molar-refractivity contribution in [2.45, 2.75) is 26.3 Å². The van der Waals surface area contributed by atoms with Crippen LogP contribution in [0.4, 0.5) is 0 Å². The average Bonchev–Trinajstić information content (AvgIpc) is 3.18. The van der Waals surface area contributed by atoms with Crippen molar-refractivity contribution < 1.29 is 12.8 Å². The molecule has 0 spiro atoms. The summed E-state index contributed by atoms with van der Waals surface area (Å²) in [7, 11) is -1.29. The van der Waals surface area contributed by atoms with Gasteiger partial charge in [0.15, 0.2) is 5.96 Å². The molecule has 1 fully saturated rings. The third kappa shape index (κ3) is 6.47. The van der Waals surface area contributed by atoms with E-state index in [1.165, 1.54) is 11.8 Å². The summed E-state index contributed by atoms with van der Waals surface area (Å²) in [6, 6.07) is 8.01. The summed E-state index contributed by atoms with van der Waals surface area (Å²) in [5.41, 5.74) is 2.74. The van der Waals surface area contributed by atoms with Gasteiger partial charge in [0, 0.05) is 30.8 Å². The van der Waals surface area contributed by atoms with Crippen molar-refractivity contribution >= 4 is 39.8 Å². The minimum absolute atomic E-state index is 0. The van der Waals surface area contributed by atoms with Gasteiger partial charge in [-0.2, -0.15) is 0 Å². The van der Waals surface area contributed by atoms with Crippen molar-refractivity contribution in [1.82, 2.24) is 15.6 Å². The summed E-state index contributed by atoms with van der Waals surface area (Å²) in [5.74, 6) is 1.42. The second-order valence-electron chi connectivity index (χ2n) is 7.36.